The van der Waals surface area contributed by atoms with Gasteiger partial charge in [0.15, 0.2) is 0 Å². The molecule has 2 nitrogen and oxygen atoms in total. The maximum absolute atomic E-state index is 10.7. The first-order chi connectivity index (χ1) is 8.57. The summed E-state index contributed by atoms with van der Waals surface area (Å²) in [6.45, 7) is 2.19. The van der Waals surface area contributed by atoms with Gasteiger partial charge in [-0.2, -0.15) is 0 Å². The van der Waals surface area contributed by atoms with Crippen LogP contribution in [0.1, 0.15) is 50.7 Å². The third kappa shape index (κ3) is 2.72. The van der Waals surface area contributed by atoms with Crippen LogP contribution in [-0.4, -0.2) is 12.2 Å². The van der Waals surface area contributed by atoms with E-state index in [1.54, 1.807) is 7.11 Å². The zero-order valence-electron chi connectivity index (χ0n) is 11.1. The molecule has 100 valence electrons. The predicted molar refractivity (Wildman–Crippen MR) is 76.8 cm³/mol. The molecule has 0 radical (unpaired) electrons. The fraction of sp³-hybridized carbons (Fsp3) is 0.600. The summed E-state index contributed by atoms with van der Waals surface area (Å²) < 4.78 is 6.36. The normalized spacial score (nSPS) is 20.4. The first-order valence-corrected chi connectivity index (χ1v) is 7.38. The van der Waals surface area contributed by atoms with Gasteiger partial charge in [0.2, 0.25) is 0 Å². The molecule has 1 aliphatic carbocycles. The molecular weight excluding hydrogens is 292 g/mol. The highest BCUT2D eigenvalue weighted by Crippen LogP contribution is 2.47. The van der Waals surface area contributed by atoms with Crippen LogP contribution in [-0.2, 0) is 0 Å². The second kappa shape index (κ2) is 5.62. The molecule has 0 bridgehead atoms. The summed E-state index contributed by atoms with van der Waals surface area (Å²) in [5.74, 6) is 0.775. The fourth-order valence-corrected chi connectivity index (χ4v) is 3.31. The fourth-order valence-electron chi connectivity index (χ4n) is 2.93. The van der Waals surface area contributed by atoms with Crippen LogP contribution < -0.4 is 4.74 Å². The number of benzene rings is 1. The lowest BCUT2D eigenvalue weighted by Gasteiger charge is -2.38. The van der Waals surface area contributed by atoms with Gasteiger partial charge in [-0.3, -0.25) is 0 Å². The minimum absolute atomic E-state index is 0.0215. The van der Waals surface area contributed by atoms with E-state index in [-0.39, 0.29) is 5.41 Å². The Labute approximate surface area is 117 Å². The average molecular weight is 313 g/mol. The number of aliphatic hydroxyl groups is 1. The smallest absolute Gasteiger partial charge is 0.124 e. The van der Waals surface area contributed by atoms with E-state index in [1.165, 1.54) is 19.3 Å². The van der Waals surface area contributed by atoms with Gasteiger partial charge in [-0.05, 0) is 36.5 Å². The number of methoxy groups -OCH3 is 1. The standard InChI is InChI=1S/C15H21BrO2/c1-15(8-4-3-5-9-15)14(17)12-10-11(16)6-7-13(12)18-2/h6-7,10,14,17H,3-5,8-9H2,1-2H3. The molecule has 0 aromatic heterocycles. The summed E-state index contributed by atoms with van der Waals surface area (Å²) in [6, 6.07) is 5.83. The lowest BCUT2D eigenvalue weighted by atomic mass is 9.70. The number of ether oxygens (including phenoxy) is 1. The number of halogens is 1. The van der Waals surface area contributed by atoms with Crippen LogP contribution in [0.2, 0.25) is 0 Å². The van der Waals surface area contributed by atoms with Gasteiger partial charge >= 0.3 is 0 Å². The monoisotopic (exact) mass is 312 g/mol. The molecule has 0 spiro atoms. The van der Waals surface area contributed by atoms with Crippen molar-refractivity contribution < 1.29 is 9.84 Å². The molecule has 1 N–H and O–H groups in total. The van der Waals surface area contributed by atoms with Gasteiger partial charge in [0, 0.05) is 10.0 Å². The van der Waals surface area contributed by atoms with E-state index in [2.05, 4.69) is 22.9 Å². The van der Waals surface area contributed by atoms with Crippen molar-refractivity contribution in [3.05, 3.63) is 28.2 Å². The maximum Gasteiger partial charge on any atom is 0.124 e. The molecule has 18 heavy (non-hydrogen) atoms. The van der Waals surface area contributed by atoms with E-state index in [1.807, 2.05) is 18.2 Å². The van der Waals surface area contributed by atoms with Gasteiger partial charge in [0.25, 0.3) is 0 Å². The second-order valence-electron chi connectivity index (χ2n) is 5.50. The molecule has 1 aliphatic rings. The SMILES string of the molecule is COc1ccc(Br)cc1C(O)C1(C)CCCCC1. The first-order valence-electron chi connectivity index (χ1n) is 6.58. The van der Waals surface area contributed by atoms with E-state index in [0.29, 0.717) is 0 Å². The number of aliphatic hydroxyl groups excluding tert-OH is 1. The Balaban J connectivity index is 2.32. The highest BCUT2D eigenvalue weighted by molar-refractivity contribution is 9.10. The van der Waals surface area contributed by atoms with Crippen LogP contribution in [0.5, 0.6) is 5.75 Å². The zero-order chi connectivity index (χ0) is 13.2. The van der Waals surface area contributed by atoms with Crippen LogP contribution in [0.3, 0.4) is 0 Å². The summed E-state index contributed by atoms with van der Waals surface area (Å²) >= 11 is 3.47. The Hall–Kier alpha value is -0.540. The van der Waals surface area contributed by atoms with Crippen LogP contribution >= 0.6 is 15.9 Å². The Morgan fingerprint density at radius 3 is 2.56 bits per heavy atom. The van der Waals surface area contributed by atoms with E-state index in [4.69, 9.17) is 4.74 Å². The highest BCUT2D eigenvalue weighted by atomic mass is 79.9. The predicted octanol–water partition coefficient (Wildman–Crippen LogP) is 4.46. The Kier molecular flexibility index (Phi) is 4.33. The van der Waals surface area contributed by atoms with Crippen molar-refractivity contribution in [2.45, 2.75) is 45.1 Å². The molecule has 1 saturated carbocycles. The molecule has 1 unspecified atom stereocenters. The Morgan fingerprint density at radius 2 is 1.94 bits per heavy atom. The molecule has 1 fully saturated rings. The number of hydrogen-bond acceptors (Lipinski definition) is 2. The summed E-state index contributed by atoms with van der Waals surface area (Å²) in [5, 5.41) is 10.7. The zero-order valence-corrected chi connectivity index (χ0v) is 12.7. The van der Waals surface area contributed by atoms with Gasteiger partial charge in [-0.1, -0.05) is 42.1 Å². The minimum atomic E-state index is -0.453. The van der Waals surface area contributed by atoms with Crippen LogP contribution in [0.15, 0.2) is 22.7 Å². The van der Waals surface area contributed by atoms with Crippen molar-refractivity contribution in [1.82, 2.24) is 0 Å². The molecule has 1 aromatic rings. The van der Waals surface area contributed by atoms with E-state index in [0.717, 1.165) is 28.6 Å². The molecule has 0 aliphatic heterocycles. The van der Waals surface area contributed by atoms with Crippen molar-refractivity contribution in [3.63, 3.8) is 0 Å². The van der Waals surface area contributed by atoms with E-state index in [9.17, 15) is 5.11 Å². The summed E-state index contributed by atoms with van der Waals surface area (Å²) in [6.07, 6.45) is 5.43. The van der Waals surface area contributed by atoms with Crippen LogP contribution in [0.4, 0.5) is 0 Å². The van der Waals surface area contributed by atoms with Crippen molar-refractivity contribution in [1.29, 1.82) is 0 Å². The van der Waals surface area contributed by atoms with Crippen molar-refractivity contribution in [2.24, 2.45) is 5.41 Å². The molecule has 1 aromatic carbocycles. The van der Waals surface area contributed by atoms with E-state index >= 15 is 0 Å². The molecule has 0 saturated heterocycles. The van der Waals surface area contributed by atoms with Crippen LogP contribution in [0, 0.1) is 5.41 Å². The van der Waals surface area contributed by atoms with Gasteiger partial charge in [-0.25, -0.2) is 0 Å². The van der Waals surface area contributed by atoms with Gasteiger partial charge < -0.3 is 9.84 Å². The van der Waals surface area contributed by atoms with Gasteiger partial charge in [-0.15, -0.1) is 0 Å². The number of hydrogen-bond donors (Lipinski definition) is 1. The first kappa shape index (κ1) is 13.9. The van der Waals surface area contributed by atoms with Crippen molar-refractivity contribution >= 4 is 15.9 Å². The summed E-state index contributed by atoms with van der Waals surface area (Å²) in [5.41, 5.74) is 0.878. The number of rotatable bonds is 3. The highest BCUT2D eigenvalue weighted by Gasteiger charge is 2.36. The summed E-state index contributed by atoms with van der Waals surface area (Å²) in [4.78, 5) is 0. The quantitative estimate of drug-likeness (QED) is 0.892. The molecule has 2 rings (SSSR count). The average Bonchev–Trinajstić information content (AvgIpc) is 2.38. The second-order valence-corrected chi connectivity index (χ2v) is 6.42. The molecule has 1 atom stereocenters. The minimum Gasteiger partial charge on any atom is -0.496 e. The lowest BCUT2D eigenvalue weighted by Crippen LogP contribution is -2.28. The largest absolute Gasteiger partial charge is 0.496 e. The van der Waals surface area contributed by atoms with Crippen molar-refractivity contribution in [3.8, 4) is 5.75 Å². The topological polar surface area (TPSA) is 29.5 Å². The maximum atomic E-state index is 10.7. The molecule has 3 heteroatoms. The van der Waals surface area contributed by atoms with E-state index < -0.39 is 6.10 Å². The van der Waals surface area contributed by atoms with Crippen LogP contribution in [0.25, 0.3) is 0 Å². The van der Waals surface area contributed by atoms with Gasteiger partial charge in [0.05, 0.1) is 13.2 Å². The summed E-state index contributed by atoms with van der Waals surface area (Å²) in [7, 11) is 1.66. The lowest BCUT2D eigenvalue weighted by molar-refractivity contribution is 0.00666. The Morgan fingerprint density at radius 1 is 1.28 bits per heavy atom. The Bertz CT molecular complexity index is 411. The third-order valence-electron chi connectivity index (χ3n) is 4.14. The van der Waals surface area contributed by atoms with Gasteiger partial charge in [0.1, 0.15) is 5.75 Å². The molecular formula is C15H21BrO2. The van der Waals surface area contributed by atoms with Crippen molar-refractivity contribution in [2.75, 3.05) is 7.11 Å². The molecule has 0 heterocycles. The molecule has 0 amide bonds. The third-order valence-corrected chi connectivity index (χ3v) is 4.64.